The molecule has 6 nitrogen and oxygen atoms in total. The summed E-state index contributed by atoms with van der Waals surface area (Å²) in [6.07, 6.45) is 2.37. The molecule has 0 atom stereocenters. The number of hydrogen-bond acceptors (Lipinski definition) is 4. The molecule has 0 fully saturated rings. The molecule has 0 saturated heterocycles. The highest BCUT2D eigenvalue weighted by molar-refractivity contribution is 14.0. The number of aliphatic imine (C=N–C) groups is 1. The monoisotopic (exact) mass is 491 g/mol. The summed E-state index contributed by atoms with van der Waals surface area (Å²) in [4.78, 5) is 22.8. The molecule has 2 aromatic heterocycles. The van der Waals surface area contributed by atoms with Gasteiger partial charge in [0.05, 0.1) is 18.8 Å². The summed E-state index contributed by atoms with van der Waals surface area (Å²) < 4.78 is 13.7. The fourth-order valence-corrected chi connectivity index (χ4v) is 2.65. The van der Waals surface area contributed by atoms with Crippen molar-refractivity contribution in [1.82, 2.24) is 20.5 Å². The molecular weight excluding hydrogens is 468 g/mol. The van der Waals surface area contributed by atoms with Gasteiger partial charge in [-0.25, -0.2) is 9.38 Å². The van der Waals surface area contributed by atoms with Gasteiger partial charge in [-0.2, -0.15) is 0 Å². The van der Waals surface area contributed by atoms with E-state index in [4.69, 9.17) is 0 Å². The topological polar surface area (TPSA) is 69.6 Å². The third kappa shape index (κ3) is 7.65. The lowest BCUT2D eigenvalue weighted by Crippen LogP contribution is -2.43. The molecule has 0 saturated carbocycles. The fourth-order valence-electron chi connectivity index (χ4n) is 1.94. The van der Waals surface area contributed by atoms with Crippen molar-refractivity contribution in [2.24, 2.45) is 4.99 Å². The number of nitrogens with zero attached hydrogens (tertiary/aromatic N) is 3. The Morgan fingerprint density at radius 1 is 1.31 bits per heavy atom. The lowest BCUT2D eigenvalue weighted by Gasteiger charge is -2.14. The Morgan fingerprint density at radius 3 is 2.77 bits per heavy atom. The Labute approximate surface area is 173 Å². The SMILES string of the molecule is CN(C)C(=O)CNC(=NCc1ncccc1F)NCCc1cccs1.I. The van der Waals surface area contributed by atoms with Crippen LogP contribution in [-0.2, 0) is 17.8 Å². The molecule has 0 radical (unpaired) electrons. The van der Waals surface area contributed by atoms with Gasteiger partial charge in [0, 0.05) is 31.7 Å². The van der Waals surface area contributed by atoms with Gasteiger partial charge >= 0.3 is 0 Å². The maximum Gasteiger partial charge on any atom is 0.241 e. The normalized spacial score (nSPS) is 10.8. The van der Waals surface area contributed by atoms with E-state index in [1.807, 2.05) is 11.4 Å². The van der Waals surface area contributed by atoms with Gasteiger partial charge in [-0.1, -0.05) is 6.07 Å². The molecule has 2 rings (SSSR count). The van der Waals surface area contributed by atoms with Crippen molar-refractivity contribution in [3.8, 4) is 0 Å². The molecule has 26 heavy (non-hydrogen) atoms. The van der Waals surface area contributed by atoms with Gasteiger partial charge in [0.1, 0.15) is 5.82 Å². The number of aromatic nitrogens is 1. The summed E-state index contributed by atoms with van der Waals surface area (Å²) in [5, 5.41) is 8.17. The molecular formula is C17H23FIN5OS. The van der Waals surface area contributed by atoms with E-state index in [1.165, 1.54) is 28.1 Å². The van der Waals surface area contributed by atoms with Gasteiger partial charge in [0.15, 0.2) is 5.96 Å². The second kappa shape index (κ2) is 11.8. The van der Waals surface area contributed by atoms with Crippen LogP contribution >= 0.6 is 35.3 Å². The molecule has 1 amide bonds. The number of amides is 1. The Bertz CT molecular complexity index is 709. The lowest BCUT2D eigenvalue weighted by atomic mass is 10.3. The minimum atomic E-state index is -0.395. The van der Waals surface area contributed by atoms with E-state index in [-0.39, 0.29) is 48.7 Å². The van der Waals surface area contributed by atoms with Crippen molar-refractivity contribution >= 4 is 47.2 Å². The number of thiophene rings is 1. The van der Waals surface area contributed by atoms with E-state index in [1.54, 1.807) is 25.4 Å². The second-order valence-corrected chi connectivity index (χ2v) is 6.53. The van der Waals surface area contributed by atoms with Gasteiger partial charge in [-0.3, -0.25) is 9.78 Å². The van der Waals surface area contributed by atoms with Crippen LogP contribution in [0.25, 0.3) is 0 Å². The largest absolute Gasteiger partial charge is 0.356 e. The Balaban J connectivity index is 0.00000338. The predicted molar refractivity (Wildman–Crippen MR) is 113 cm³/mol. The molecule has 2 aromatic rings. The number of rotatable bonds is 7. The summed E-state index contributed by atoms with van der Waals surface area (Å²) in [6.45, 7) is 0.868. The Kier molecular flexibility index (Phi) is 10.1. The van der Waals surface area contributed by atoms with Crippen molar-refractivity contribution in [2.75, 3.05) is 27.2 Å². The standard InChI is InChI=1S/C17H22FN5OS.HI/c1-23(2)16(24)12-22-17(20-9-7-13-5-4-10-25-13)21-11-15-14(18)6-3-8-19-15;/h3-6,8,10H,7,9,11-12H2,1-2H3,(H2,20,21,22);1H. The van der Waals surface area contributed by atoms with Crippen molar-refractivity contribution in [3.63, 3.8) is 0 Å². The molecule has 0 aliphatic heterocycles. The second-order valence-electron chi connectivity index (χ2n) is 5.49. The van der Waals surface area contributed by atoms with Crippen molar-refractivity contribution in [3.05, 3.63) is 52.2 Å². The number of likely N-dealkylation sites (N-methyl/N-ethyl adjacent to an activating group) is 1. The molecule has 0 aromatic carbocycles. The van der Waals surface area contributed by atoms with Crippen LogP contribution in [-0.4, -0.2) is 48.9 Å². The van der Waals surface area contributed by atoms with Gasteiger partial charge in [-0.15, -0.1) is 35.3 Å². The lowest BCUT2D eigenvalue weighted by molar-refractivity contribution is -0.127. The first kappa shape index (κ1) is 22.3. The highest BCUT2D eigenvalue weighted by Crippen LogP contribution is 2.08. The van der Waals surface area contributed by atoms with Gasteiger partial charge in [0.25, 0.3) is 0 Å². The van der Waals surface area contributed by atoms with Crippen LogP contribution in [0.3, 0.4) is 0 Å². The van der Waals surface area contributed by atoms with Crippen molar-refractivity contribution in [1.29, 1.82) is 0 Å². The van der Waals surface area contributed by atoms with E-state index in [2.05, 4.69) is 26.7 Å². The summed E-state index contributed by atoms with van der Waals surface area (Å²) in [7, 11) is 3.38. The van der Waals surface area contributed by atoms with Crippen LogP contribution in [0.5, 0.6) is 0 Å². The number of pyridine rings is 1. The fraction of sp³-hybridized carbons (Fsp3) is 0.353. The van der Waals surface area contributed by atoms with E-state index < -0.39 is 5.82 Å². The Morgan fingerprint density at radius 2 is 2.12 bits per heavy atom. The molecule has 142 valence electrons. The molecule has 0 spiro atoms. The molecule has 9 heteroatoms. The number of carbonyl (C=O) groups excluding carboxylic acids is 1. The first-order valence-electron chi connectivity index (χ1n) is 7.90. The highest BCUT2D eigenvalue weighted by atomic mass is 127. The third-order valence-electron chi connectivity index (χ3n) is 3.37. The Hall–Kier alpha value is -1.75. The highest BCUT2D eigenvalue weighted by Gasteiger charge is 2.07. The number of hydrogen-bond donors (Lipinski definition) is 2. The summed E-state index contributed by atoms with van der Waals surface area (Å²) in [5.41, 5.74) is 0.265. The van der Waals surface area contributed by atoms with Crippen LogP contribution < -0.4 is 10.6 Å². The minimum Gasteiger partial charge on any atom is -0.356 e. The van der Waals surface area contributed by atoms with Crippen LogP contribution in [0.15, 0.2) is 40.8 Å². The summed E-state index contributed by atoms with van der Waals surface area (Å²) >= 11 is 1.69. The number of carbonyl (C=O) groups is 1. The first-order chi connectivity index (χ1) is 12.1. The smallest absolute Gasteiger partial charge is 0.241 e. The van der Waals surface area contributed by atoms with Gasteiger partial charge in [0.2, 0.25) is 5.91 Å². The maximum atomic E-state index is 13.7. The first-order valence-corrected chi connectivity index (χ1v) is 8.78. The van der Waals surface area contributed by atoms with E-state index >= 15 is 0 Å². The zero-order valence-corrected chi connectivity index (χ0v) is 17.9. The third-order valence-corrected chi connectivity index (χ3v) is 4.31. The number of guanidine groups is 1. The molecule has 0 bridgehead atoms. The molecule has 2 heterocycles. The molecule has 0 aliphatic rings. The average Bonchev–Trinajstić information content (AvgIpc) is 3.11. The van der Waals surface area contributed by atoms with E-state index in [9.17, 15) is 9.18 Å². The molecule has 0 unspecified atom stereocenters. The maximum absolute atomic E-state index is 13.7. The van der Waals surface area contributed by atoms with Crippen LogP contribution in [0.2, 0.25) is 0 Å². The van der Waals surface area contributed by atoms with E-state index in [0.717, 1.165) is 6.42 Å². The summed E-state index contributed by atoms with van der Waals surface area (Å²) in [5.74, 6) is -0.0119. The average molecular weight is 491 g/mol. The van der Waals surface area contributed by atoms with Crippen molar-refractivity contribution < 1.29 is 9.18 Å². The van der Waals surface area contributed by atoms with E-state index in [0.29, 0.717) is 12.5 Å². The predicted octanol–water partition coefficient (Wildman–Crippen LogP) is 2.27. The zero-order valence-electron chi connectivity index (χ0n) is 14.7. The number of nitrogens with one attached hydrogen (secondary N) is 2. The van der Waals surface area contributed by atoms with Crippen LogP contribution in [0, 0.1) is 5.82 Å². The summed E-state index contributed by atoms with van der Waals surface area (Å²) in [6, 6.07) is 6.96. The van der Waals surface area contributed by atoms with Crippen LogP contribution in [0.1, 0.15) is 10.6 Å². The minimum absolute atomic E-state index is 0. The van der Waals surface area contributed by atoms with Gasteiger partial charge in [-0.05, 0) is 30.0 Å². The van der Waals surface area contributed by atoms with Crippen molar-refractivity contribution in [2.45, 2.75) is 13.0 Å². The zero-order chi connectivity index (χ0) is 18.1. The number of halogens is 2. The molecule has 2 N–H and O–H groups in total. The molecule has 0 aliphatic carbocycles. The van der Waals surface area contributed by atoms with Crippen LogP contribution in [0.4, 0.5) is 4.39 Å². The van der Waals surface area contributed by atoms with Gasteiger partial charge < -0.3 is 15.5 Å². The quantitative estimate of drug-likeness (QED) is 0.354.